The monoisotopic (exact) mass is 295 g/mol. The lowest BCUT2D eigenvalue weighted by molar-refractivity contribution is 0.149. The number of hydrogen-bond acceptors (Lipinski definition) is 3. The molecular weight excluding hydrogens is 282 g/mol. The fourth-order valence-corrected chi connectivity index (χ4v) is 2.68. The number of hydrogen-bond donors (Lipinski definition) is 0. The van der Waals surface area contributed by atoms with Crippen LogP contribution >= 0.6 is 15.9 Å². The molecule has 0 atom stereocenters. The van der Waals surface area contributed by atoms with Crippen molar-refractivity contribution in [3.05, 3.63) is 23.2 Å². The molecular formula is C12H14BrN3O. The molecule has 2 heterocycles. The first-order valence-corrected chi connectivity index (χ1v) is 6.78. The second kappa shape index (κ2) is 4.64. The average Bonchev–Trinajstić information content (AvgIpc) is 2.78. The van der Waals surface area contributed by atoms with Crippen LogP contribution in [0.5, 0.6) is 5.88 Å². The minimum atomic E-state index is 0.297. The average molecular weight is 296 g/mol. The second-order valence-corrected chi connectivity index (χ2v) is 5.22. The van der Waals surface area contributed by atoms with E-state index in [2.05, 4.69) is 25.9 Å². The Hall–Kier alpha value is -1.10. The molecule has 2 aromatic rings. The van der Waals surface area contributed by atoms with E-state index >= 15 is 0 Å². The number of nitrogens with zero attached hydrogens (tertiary/aromatic N) is 3. The third kappa shape index (κ3) is 2.29. The van der Waals surface area contributed by atoms with Crippen molar-refractivity contribution < 1.29 is 4.74 Å². The highest BCUT2D eigenvalue weighted by atomic mass is 79.9. The molecule has 0 spiro atoms. The highest BCUT2D eigenvalue weighted by Gasteiger charge is 2.17. The van der Waals surface area contributed by atoms with Crippen molar-refractivity contribution >= 4 is 21.6 Å². The lowest BCUT2D eigenvalue weighted by Crippen LogP contribution is -2.20. The van der Waals surface area contributed by atoms with Gasteiger partial charge < -0.3 is 4.74 Å². The molecule has 2 aromatic heterocycles. The minimum Gasteiger partial charge on any atom is -0.472 e. The zero-order valence-corrected chi connectivity index (χ0v) is 11.1. The Morgan fingerprint density at radius 2 is 2.12 bits per heavy atom. The van der Waals surface area contributed by atoms with E-state index in [1.807, 2.05) is 16.8 Å². The first kappa shape index (κ1) is 11.0. The maximum absolute atomic E-state index is 5.98. The molecule has 1 aliphatic rings. The molecule has 4 nitrogen and oxygen atoms in total. The fourth-order valence-electron chi connectivity index (χ4n) is 2.29. The van der Waals surface area contributed by atoms with Gasteiger partial charge in [0.15, 0.2) is 0 Å². The van der Waals surface area contributed by atoms with E-state index < -0.39 is 0 Å². The van der Waals surface area contributed by atoms with Crippen LogP contribution in [0, 0.1) is 0 Å². The van der Waals surface area contributed by atoms with Gasteiger partial charge in [-0.15, -0.1) is 0 Å². The van der Waals surface area contributed by atoms with Crippen LogP contribution in [0.1, 0.15) is 32.1 Å². The number of rotatable bonds is 2. The molecule has 0 aliphatic heterocycles. The summed E-state index contributed by atoms with van der Waals surface area (Å²) < 4.78 is 8.68. The topological polar surface area (TPSA) is 39.4 Å². The largest absolute Gasteiger partial charge is 0.472 e. The Morgan fingerprint density at radius 1 is 1.29 bits per heavy atom. The normalized spacial score (nSPS) is 17.5. The van der Waals surface area contributed by atoms with Crippen molar-refractivity contribution in [2.24, 2.45) is 0 Å². The van der Waals surface area contributed by atoms with Gasteiger partial charge in [0.25, 0.3) is 5.88 Å². The molecule has 0 amide bonds. The van der Waals surface area contributed by atoms with Gasteiger partial charge in [0.2, 0.25) is 5.65 Å². The molecule has 0 radical (unpaired) electrons. The number of aromatic nitrogens is 3. The van der Waals surface area contributed by atoms with Gasteiger partial charge in [0.05, 0.1) is 0 Å². The molecule has 1 saturated carbocycles. The van der Waals surface area contributed by atoms with Gasteiger partial charge in [-0.05, 0) is 41.6 Å². The molecule has 0 N–H and O–H groups in total. The maximum atomic E-state index is 5.98. The van der Waals surface area contributed by atoms with Gasteiger partial charge in [-0.25, -0.2) is 9.97 Å². The summed E-state index contributed by atoms with van der Waals surface area (Å²) in [6.07, 6.45) is 11.9. The van der Waals surface area contributed by atoms with E-state index in [9.17, 15) is 0 Å². The van der Waals surface area contributed by atoms with Crippen LogP contribution in [-0.2, 0) is 0 Å². The highest BCUT2D eigenvalue weighted by Crippen LogP contribution is 2.25. The molecule has 0 bridgehead atoms. The predicted molar refractivity (Wildman–Crippen MR) is 68.2 cm³/mol. The Kier molecular flexibility index (Phi) is 3.01. The standard InChI is InChI=1S/C12H14BrN3O/c13-10-8-16-7-6-14-11(16)12(15-10)17-9-4-2-1-3-5-9/h6-9H,1-5H2. The summed E-state index contributed by atoms with van der Waals surface area (Å²) in [5.41, 5.74) is 0.791. The maximum Gasteiger partial charge on any atom is 0.259 e. The number of halogens is 1. The van der Waals surface area contributed by atoms with E-state index in [1.165, 1.54) is 19.3 Å². The third-order valence-corrected chi connectivity index (χ3v) is 3.53. The lowest BCUT2D eigenvalue weighted by atomic mass is 9.98. The molecule has 1 fully saturated rings. The fraction of sp³-hybridized carbons (Fsp3) is 0.500. The number of imidazole rings is 1. The number of ether oxygens (including phenoxy) is 1. The molecule has 1 aliphatic carbocycles. The van der Waals surface area contributed by atoms with E-state index in [0.717, 1.165) is 23.1 Å². The van der Waals surface area contributed by atoms with Crippen molar-refractivity contribution in [1.82, 2.24) is 14.4 Å². The minimum absolute atomic E-state index is 0.297. The Bertz CT molecular complexity index is 519. The van der Waals surface area contributed by atoms with Crippen LogP contribution in [-0.4, -0.2) is 20.5 Å². The lowest BCUT2D eigenvalue weighted by Gasteiger charge is -2.22. The number of fused-ring (bicyclic) bond motifs is 1. The molecule has 0 aromatic carbocycles. The van der Waals surface area contributed by atoms with E-state index in [1.54, 1.807) is 6.20 Å². The summed E-state index contributed by atoms with van der Waals surface area (Å²) >= 11 is 3.39. The first-order valence-electron chi connectivity index (χ1n) is 5.99. The van der Waals surface area contributed by atoms with Crippen molar-refractivity contribution in [2.45, 2.75) is 38.2 Å². The molecule has 0 saturated heterocycles. The quantitative estimate of drug-likeness (QED) is 0.854. The van der Waals surface area contributed by atoms with Crippen LogP contribution in [0.3, 0.4) is 0 Å². The van der Waals surface area contributed by atoms with Gasteiger partial charge in [-0.2, -0.15) is 0 Å². The van der Waals surface area contributed by atoms with Crippen LogP contribution in [0.4, 0.5) is 0 Å². The zero-order valence-electron chi connectivity index (χ0n) is 9.47. The summed E-state index contributed by atoms with van der Waals surface area (Å²) in [6.45, 7) is 0. The second-order valence-electron chi connectivity index (χ2n) is 4.40. The van der Waals surface area contributed by atoms with Gasteiger partial charge in [0.1, 0.15) is 10.7 Å². The van der Waals surface area contributed by atoms with Crippen molar-refractivity contribution in [3.8, 4) is 5.88 Å². The highest BCUT2D eigenvalue weighted by molar-refractivity contribution is 9.10. The molecule has 3 rings (SSSR count). The van der Waals surface area contributed by atoms with E-state index in [0.29, 0.717) is 12.0 Å². The van der Waals surface area contributed by atoms with Crippen molar-refractivity contribution in [2.75, 3.05) is 0 Å². The smallest absolute Gasteiger partial charge is 0.259 e. The van der Waals surface area contributed by atoms with Gasteiger partial charge in [-0.3, -0.25) is 4.40 Å². The Labute approximate surface area is 108 Å². The van der Waals surface area contributed by atoms with Crippen LogP contribution in [0.25, 0.3) is 5.65 Å². The molecule has 17 heavy (non-hydrogen) atoms. The predicted octanol–water partition coefficient (Wildman–Crippen LogP) is 3.20. The Morgan fingerprint density at radius 3 is 2.94 bits per heavy atom. The van der Waals surface area contributed by atoms with E-state index in [-0.39, 0.29) is 0 Å². The summed E-state index contributed by atoms with van der Waals surface area (Å²) in [6, 6.07) is 0. The summed E-state index contributed by atoms with van der Waals surface area (Å²) in [7, 11) is 0. The SMILES string of the molecule is Brc1cn2ccnc2c(OC2CCCCC2)n1. The van der Waals surface area contributed by atoms with E-state index in [4.69, 9.17) is 4.74 Å². The van der Waals surface area contributed by atoms with Crippen molar-refractivity contribution in [1.29, 1.82) is 0 Å². The van der Waals surface area contributed by atoms with Gasteiger partial charge in [-0.1, -0.05) is 6.42 Å². The van der Waals surface area contributed by atoms with Gasteiger partial charge in [0, 0.05) is 18.6 Å². The van der Waals surface area contributed by atoms with Crippen LogP contribution < -0.4 is 4.74 Å². The third-order valence-electron chi connectivity index (χ3n) is 3.14. The first-order chi connectivity index (χ1) is 8.33. The van der Waals surface area contributed by atoms with Crippen molar-refractivity contribution in [3.63, 3.8) is 0 Å². The summed E-state index contributed by atoms with van der Waals surface area (Å²) in [5.74, 6) is 0.635. The summed E-state index contributed by atoms with van der Waals surface area (Å²) in [4.78, 5) is 8.66. The zero-order chi connectivity index (χ0) is 11.7. The van der Waals surface area contributed by atoms with Crippen LogP contribution in [0.15, 0.2) is 23.2 Å². The Balaban J connectivity index is 1.90. The molecule has 90 valence electrons. The van der Waals surface area contributed by atoms with Gasteiger partial charge >= 0.3 is 0 Å². The molecule has 5 heteroatoms. The molecule has 0 unspecified atom stereocenters. The van der Waals surface area contributed by atoms with Crippen LogP contribution in [0.2, 0.25) is 0 Å². The summed E-state index contributed by atoms with van der Waals surface area (Å²) in [5, 5.41) is 0.